The van der Waals surface area contributed by atoms with Gasteiger partial charge in [-0.15, -0.1) is 10.2 Å². The molecular formula is C21H20ClN3O4S2. The molecule has 0 bridgehead atoms. The van der Waals surface area contributed by atoms with Gasteiger partial charge in [0.1, 0.15) is 0 Å². The van der Waals surface area contributed by atoms with Crippen LogP contribution < -0.4 is 0 Å². The highest BCUT2D eigenvalue weighted by atomic mass is 35.5. The first-order valence-corrected chi connectivity index (χ1v) is 12.8. The van der Waals surface area contributed by atoms with Crippen LogP contribution in [0.2, 0.25) is 5.02 Å². The molecule has 1 saturated heterocycles. The molecule has 3 aromatic rings. The summed E-state index contributed by atoms with van der Waals surface area (Å²) in [6, 6.07) is 16.2. The van der Waals surface area contributed by atoms with E-state index >= 15 is 0 Å². The Morgan fingerprint density at radius 2 is 1.87 bits per heavy atom. The number of carbonyl (C=O) groups is 1. The van der Waals surface area contributed by atoms with Crippen LogP contribution in [-0.4, -0.2) is 52.7 Å². The summed E-state index contributed by atoms with van der Waals surface area (Å²) in [6.45, 7) is 0.361. The summed E-state index contributed by atoms with van der Waals surface area (Å²) in [6.07, 6.45) is 0.451. The molecule has 0 spiro atoms. The predicted molar refractivity (Wildman–Crippen MR) is 120 cm³/mol. The van der Waals surface area contributed by atoms with Crippen molar-refractivity contribution in [2.45, 2.75) is 24.2 Å². The monoisotopic (exact) mass is 477 g/mol. The average molecular weight is 478 g/mol. The largest absolute Gasteiger partial charge is 0.411 e. The number of benzene rings is 2. The third kappa shape index (κ3) is 5.66. The van der Waals surface area contributed by atoms with Crippen molar-refractivity contribution in [3.05, 3.63) is 65.2 Å². The Morgan fingerprint density at radius 3 is 2.55 bits per heavy atom. The fourth-order valence-electron chi connectivity index (χ4n) is 3.41. The number of carbonyl (C=O) groups excluding carboxylic acids is 1. The van der Waals surface area contributed by atoms with Gasteiger partial charge < -0.3 is 9.32 Å². The first-order valence-electron chi connectivity index (χ1n) is 9.66. The van der Waals surface area contributed by atoms with Crippen molar-refractivity contribution in [2.24, 2.45) is 0 Å². The molecule has 2 aromatic carbocycles. The fraction of sp³-hybridized carbons (Fsp3) is 0.286. The molecule has 7 nitrogen and oxygen atoms in total. The van der Waals surface area contributed by atoms with Crippen molar-refractivity contribution in [3.8, 4) is 11.5 Å². The average Bonchev–Trinajstić information content (AvgIpc) is 3.38. The lowest BCUT2D eigenvalue weighted by Crippen LogP contribution is -2.41. The van der Waals surface area contributed by atoms with E-state index in [4.69, 9.17) is 16.0 Å². The Labute approximate surface area is 189 Å². The number of thioether (sulfide) groups is 1. The lowest BCUT2D eigenvalue weighted by Gasteiger charge is -2.28. The maximum atomic E-state index is 13.0. The number of amides is 1. The molecule has 10 heteroatoms. The topological polar surface area (TPSA) is 93.4 Å². The first kappa shape index (κ1) is 21.9. The second-order valence-electron chi connectivity index (χ2n) is 7.23. The molecule has 1 amide bonds. The molecule has 162 valence electrons. The number of aromatic nitrogens is 2. The molecule has 0 aliphatic carbocycles. The fourth-order valence-corrected chi connectivity index (χ4v) is 5.91. The molecule has 1 aliphatic heterocycles. The van der Waals surface area contributed by atoms with Crippen LogP contribution in [0.1, 0.15) is 12.0 Å². The molecule has 0 unspecified atom stereocenters. The van der Waals surface area contributed by atoms with Gasteiger partial charge in [-0.3, -0.25) is 4.79 Å². The van der Waals surface area contributed by atoms with Gasteiger partial charge in [0, 0.05) is 23.2 Å². The molecule has 2 heterocycles. The number of nitrogens with zero attached hydrogens (tertiary/aromatic N) is 3. The van der Waals surface area contributed by atoms with Gasteiger partial charge >= 0.3 is 0 Å². The quantitative estimate of drug-likeness (QED) is 0.479. The summed E-state index contributed by atoms with van der Waals surface area (Å²) in [5, 5.41) is 8.90. The van der Waals surface area contributed by atoms with Crippen LogP contribution >= 0.6 is 23.4 Å². The standard InChI is InChI=1S/C21H20ClN3O4S2/c22-17-8-6-16(7-9-17)20-23-24-21(29-20)30-13-19(26)25(12-15-4-2-1-3-5-15)18-10-11-31(27,28)14-18/h1-9,18H,10-14H2/t18-/m0/s1. The van der Waals surface area contributed by atoms with E-state index in [1.807, 2.05) is 30.3 Å². The van der Waals surface area contributed by atoms with E-state index in [-0.39, 0.29) is 34.4 Å². The third-order valence-electron chi connectivity index (χ3n) is 4.98. The zero-order chi connectivity index (χ0) is 21.8. The summed E-state index contributed by atoms with van der Waals surface area (Å²) in [5.74, 6) is 0.359. The maximum Gasteiger partial charge on any atom is 0.277 e. The summed E-state index contributed by atoms with van der Waals surface area (Å²) < 4.78 is 29.6. The van der Waals surface area contributed by atoms with Gasteiger partial charge in [-0.05, 0) is 36.2 Å². The van der Waals surface area contributed by atoms with Crippen molar-refractivity contribution in [3.63, 3.8) is 0 Å². The number of hydrogen-bond donors (Lipinski definition) is 0. The minimum atomic E-state index is -3.11. The number of rotatable bonds is 7. The van der Waals surface area contributed by atoms with Gasteiger partial charge in [0.2, 0.25) is 11.8 Å². The van der Waals surface area contributed by atoms with Crippen molar-refractivity contribution in [1.29, 1.82) is 0 Å². The summed E-state index contributed by atoms with van der Waals surface area (Å²) in [5.41, 5.74) is 1.69. The van der Waals surface area contributed by atoms with Crippen LogP contribution in [-0.2, 0) is 21.2 Å². The van der Waals surface area contributed by atoms with Gasteiger partial charge in [-0.1, -0.05) is 53.7 Å². The highest BCUT2D eigenvalue weighted by Crippen LogP contribution is 2.26. The van der Waals surface area contributed by atoms with E-state index in [1.165, 1.54) is 0 Å². The van der Waals surface area contributed by atoms with Crippen molar-refractivity contribution in [2.75, 3.05) is 17.3 Å². The first-order chi connectivity index (χ1) is 14.9. The van der Waals surface area contributed by atoms with Crippen molar-refractivity contribution >= 4 is 39.1 Å². The molecular weight excluding hydrogens is 458 g/mol. The van der Waals surface area contributed by atoms with Crippen LogP contribution in [0, 0.1) is 0 Å². The van der Waals surface area contributed by atoms with Crippen molar-refractivity contribution < 1.29 is 17.6 Å². The lowest BCUT2D eigenvalue weighted by molar-refractivity contribution is -0.130. The normalized spacial score (nSPS) is 17.5. The van der Waals surface area contributed by atoms with Gasteiger partial charge in [-0.2, -0.15) is 0 Å². The summed E-state index contributed by atoms with van der Waals surface area (Å²) in [4.78, 5) is 14.7. The molecule has 1 aliphatic rings. The van der Waals surface area contributed by atoms with E-state index in [0.29, 0.717) is 23.9 Å². The minimum Gasteiger partial charge on any atom is -0.411 e. The van der Waals surface area contributed by atoms with Crippen LogP contribution in [0.25, 0.3) is 11.5 Å². The van der Waals surface area contributed by atoms with E-state index < -0.39 is 9.84 Å². The summed E-state index contributed by atoms with van der Waals surface area (Å²) in [7, 11) is -3.11. The zero-order valence-electron chi connectivity index (χ0n) is 16.5. The van der Waals surface area contributed by atoms with Crippen LogP contribution in [0.5, 0.6) is 0 Å². The van der Waals surface area contributed by atoms with Crippen LogP contribution in [0.4, 0.5) is 0 Å². The van der Waals surface area contributed by atoms with Crippen LogP contribution in [0.3, 0.4) is 0 Å². The smallest absolute Gasteiger partial charge is 0.277 e. The van der Waals surface area contributed by atoms with E-state index in [2.05, 4.69) is 10.2 Å². The van der Waals surface area contributed by atoms with Crippen molar-refractivity contribution in [1.82, 2.24) is 15.1 Å². The molecule has 1 aromatic heterocycles. The van der Waals surface area contributed by atoms with E-state index in [0.717, 1.165) is 22.9 Å². The SMILES string of the molecule is O=C(CSc1nnc(-c2ccc(Cl)cc2)o1)N(Cc1ccccc1)[C@H]1CCS(=O)(=O)C1. The number of sulfone groups is 1. The lowest BCUT2D eigenvalue weighted by atomic mass is 10.1. The minimum absolute atomic E-state index is 0.00247. The zero-order valence-corrected chi connectivity index (χ0v) is 18.9. The Balaban J connectivity index is 1.44. The highest BCUT2D eigenvalue weighted by molar-refractivity contribution is 7.99. The number of halogens is 1. The molecule has 0 saturated carbocycles. The molecule has 4 rings (SSSR count). The van der Waals surface area contributed by atoms with Gasteiger partial charge in [0.05, 0.1) is 17.3 Å². The second kappa shape index (κ2) is 9.42. The molecule has 0 N–H and O–H groups in total. The molecule has 1 fully saturated rings. The molecule has 31 heavy (non-hydrogen) atoms. The van der Waals surface area contributed by atoms with Gasteiger partial charge in [0.25, 0.3) is 5.22 Å². The Kier molecular flexibility index (Phi) is 6.64. The maximum absolute atomic E-state index is 13.0. The third-order valence-corrected chi connectivity index (χ3v) is 7.79. The second-order valence-corrected chi connectivity index (χ2v) is 10.8. The predicted octanol–water partition coefficient (Wildman–Crippen LogP) is 3.70. The summed E-state index contributed by atoms with van der Waals surface area (Å²) >= 11 is 7.04. The van der Waals surface area contributed by atoms with E-state index in [9.17, 15) is 13.2 Å². The Hall–Kier alpha value is -2.36. The van der Waals surface area contributed by atoms with Gasteiger partial charge in [0.15, 0.2) is 9.84 Å². The molecule has 0 radical (unpaired) electrons. The Bertz CT molecular complexity index is 1150. The van der Waals surface area contributed by atoms with E-state index in [1.54, 1.807) is 29.2 Å². The van der Waals surface area contributed by atoms with Crippen LogP contribution in [0.15, 0.2) is 64.2 Å². The number of hydrogen-bond acceptors (Lipinski definition) is 7. The van der Waals surface area contributed by atoms with Gasteiger partial charge in [-0.25, -0.2) is 8.42 Å². The molecule has 1 atom stereocenters. The highest BCUT2D eigenvalue weighted by Gasteiger charge is 2.34. The Morgan fingerprint density at radius 1 is 1.13 bits per heavy atom.